The van der Waals surface area contributed by atoms with Crippen molar-refractivity contribution in [3.8, 4) is 0 Å². The lowest BCUT2D eigenvalue weighted by Gasteiger charge is -2.12. The molecule has 0 aliphatic heterocycles. The van der Waals surface area contributed by atoms with Crippen LogP contribution in [0.5, 0.6) is 0 Å². The zero-order valence-corrected chi connectivity index (χ0v) is 18.5. The van der Waals surface area contributed by atoms with Gasteiger partial charge in [-0.15, -0.1) is 0 Å². The highest BCUT2D eigenvalue weighted by Crippen LogP contribution is 2.25. The van der Waals surface area contributed by atoms with Crippen molar-refractivity contribution in [2.45, 2.75) is 30.2 Å². The number of sulfonamides is 1. The van der Waals surface area contributed by atoms with Crippen LogP contribution in [-0.2, 0) is 21.2 Å². The largest absolute Gasteiger partial charge is 0.349 e. The molecule has 2 N–H and O–H groups in total. The second-order valence-electron chi connectivity index (χ2n) is 7.15. The van der Waals surface area contributed by atoms with E-state index in [0.717, 1.165) is 18.4 Å². The topological polar surface area (TPSA) is 95.6 Å². The van der Waals surface area contributed by atoms with Gasteiger partial charge in [0.25, 0.3) is 5.91 Å². The number of halogens is 1. The summed E-state index contributed by atoms with van der Waals surface area (Å²) in [6.07, 6.45) is 1.94. The van der Waals surface area contributed by atoms with Crippen molar-refractivity contribution >= 4 is 43.5 Å². The molecular weight excluding hydrogens is 458 g/mol. The first-order valence-corrected chi connectivity index (χ1v) is 11.4. The highest BCUT2D eigenvalue weighted by molar-refractivity contribution is 9.10. The van der Waals surface area contributed by atoms with E-state index < -0.39 is 15.9 Å². The number of amides is 2. The van der Waals surface area contributed by atoms with Gasteiger partial charge in [0.05, 0.1) is 16.9 Å². The predicted molar refractivity (Wildman–Crippen MR) is 114 cm³/mol. The SMILES string of the molecule is CN(C)C(=O)Cc1ccc(NC(=O)c2cc(S(=O)(=O)NC3CC3)ccc2Br)cc1. The Morgan fingerprint density at radius 2 is 1.76 bits per heavy atom. The molecule has 0 heterocycles. The Morgan fingerprint density at radius 1 is 1.10 bits per heavy atom. The lowest BCUT2D eigenvalue weighted by Crippen LogP contribution is -2.26. The van der Waals surface area contributed by atoms with Gasteiger partial charge in [0.1, 0.15) is 0 Å². The molecule has 1 fully saturated rings. The number of hydrogen-bond donors (Lipinski definition) is 2. The molecule has 1 aliphatic carbocycles. The second-order valence-corrected chi connectivity index (χ2v) is 9.72. The molecule has 2 aromatic carbocycles. The van der Waals surface area contributed by atoms with Crippen LogP contribution in [0.3, 0.4) is 0 Å². The third kappa shape index (κ3) is 5.65. The van der Waals surface area contributed by atoms with E-state index in [1.54, 1.807) is 44.4 Å². The maximum atomic E-state index is 12.7. The standard InChI is InChI=1S/C20H22BrN3O4S/c1-24(2)19(25)11-13-3-5-14(6-4-13)22-20(26)17-12-16(9-10-18(17)21)29(27,28)23-15-7-8-15/h3-6,9-10,12,15,23H,7-8,11H2,1-2H3,(H,22,26). The molecule has 9 heteroatoms. The van der Waals surface area contributed by atoms with Crippen molar-refractivity contribution in [3.05, 3.63) is 58.1 Å². The first kappa shape index (κ1) is 21.5. The van der Waals surface area contributed by atoms with Crippen LogP contribution in [0.15, 0.2) is 51.8 Å². The smallest absolute Gasteiger partial charge is 0.256 e. The highest BCUT2D eigenvalue weighted by Gasteiger charge is 2.28. The van der Waals surface area contributed by atoms with Crippen molar-refractivity contribution in [3.63, 3.8) is 0 Å². The molecule has 0 unspecified atom stereocenters. The summed E-state index contributed by atoms with van der Waals surface area (Å²) in [5.41, 5.74) is 1.60. The van der Waals surface area contributed by atoms with Gasteiger partial charge in [0.2, 0.25) is 15.9 Å². The molecule has 2 amide bonds. The molecule has 0 saturated heterocycles. The molecule has 0 bridgehead atoms. The second kappa shape index (κ2) is 8.64. The summed E-state index contributed by atoms with van der Waals surface area (Å²) in [7, 11) is -0.258. The van der Waals surface area contributed by atoms with Gasteiger partial charge >= 0.3 is 0 Å². The molecule has 3 rings (SSSR count). The molecule has 1 aliphatic rings. The van der Waals surface area contributed by atoms with E-state index in [2.05, 4.69) is 26.0 Å². The molecule has 1 saturated carbocycles. The summed E-state index contributed by atoms with van der Waals surface area (Å²) in [5.74, 6) is -0.444. The number of benzene rings is 2. The lowest BCUT2D eigenvalue weighted by atomic mass is 10.1. The highest BCUT2D eigenvalue weighted by atomic mass is 79.9. The molecular formula is C20H22BrN3O4S. The van der Waals surface area contributed by atoms with E-state index >= 15 is 0 Å². The zero-order valence-electron chi connectivity index (χ0n) is 16.1. The number of rotatable bonds is 7. The number of nitrogens with one attached hydrogen (secondary N) is 2. The third-order valence-electron chi connectivity index (χ3n) is 4.46. The Labute approximate surface area is 178 Å². The van der Waals surface area contributed by atoms with Gasteiger partial charge in [-0.3, -0.25) is 9.59 Å². The molecule has 7 nitrogen and oxygen atoms in total. The molecule has 0 atom stereocenters. The molecule has 154 valence electrons. The lowest BCUT2D eigenvalue weighted by molar-refractivity contribution is -0.127. The summed E-state index contributed by atoms with van der Waals surface area (Å²) >= 11 is 3.31. The maximum Gasteiger partial charge on any atom is 0.256 e. The summed E-state index contributed by atoms with van der Waals surface area (Å²) in [6.45, 7) is 0. The average Bonchev–Trinajstić information content (AvgIpc) is 3.46. The van der Waals surface area contributed by atoms with E-state index in [1.807, 2.05) is 0 Å². The van der Waals surface area contributed by atoms with Crippen molar-refractivity contribution in [1.82, 2.24) is 9.62 Å². The van der Waals surface area contributed by atoms with Gasteiger partial charge in [-0.05, 0) is 64.7 Å². The first-order valence-electron chi connectivity index (χ1n) is 9.08. The number of carbonyl (C=O) groups is 2. The van der Waals surface area contributed by atoms with Gasteiger partial charge < -0.3 is 10.2 Å². The molecule has 2 aromatic rings. The fraction of sp³-hybridized carbons (Fsp3) is 0.300. The van der Waals surface area contributed by atoms with Gasteiger partial charge in [-0.2, -0.15) is 0 Å². The summed E-state index contributed by atoms with van der Waals surface area (Å²) < 4.78 is 27.9. The zero-order chi connectivity index (χ0) is 21.2. The van der Waals surface area contributed by atoms with Crippen LogP contribution < -0.4 is 10.0 Å². The van der Waals surface area contributed by atoms with Crippen LogP contribution in [-0.4, -0.2) is 45.3 Å². The normalized spacial score (nSPS) is 13.8. The van der Waals surface area contributed by atoms with Crippen LogP contribution in [0.25, 0.3) is 0 Å². The van der Waals surface area contributed by atoms with E-state index in [4.69, 9.17) is 0 Å². The van der Waals surface area contributed by atoms with Crippen molar-refractivity contribution in [2.75, 3.05) is 19.4 Å². The summed E-state index contributed by atoms with van der Waals surface area (Å²) in [4.78, 5) is 26.0. The first-order chi connectivity index (χ1) is 13.7. The molecule has 0 radical (unpaired) electrons. The molecule has 0 aromatic heterocycles. The van der Waals surface area contributed by atoms with E-state index in [0.29, 0.717) is 10.2 Å². The number of likely N-dealkylation sites (N-methyl/N-ethyl adjacent to an activating group) is 1. The molecule has 29 heavy (non-hydrogen) atoms. The minimum absolute atomic E-state index is 0.0106. The predicted octanol–water partition coefficient (Wildman–Crippen LogP) is 2.77. The number of hydrogen-bond acceptors (Lipinski definition) is 4. The van der Waals surface area contributed by atoms with Gasteiger partial charge in [0, 0.05) is 30.3 Å². The summed E-state index contributed by atoms with van der Waals surface area (Å²) in [5, 5.41) is 2.75. The van der Waals surface area contributed by atoms with E-state index in [-0.39, 0.29) is 28.8 Å². The fourth-order valence-corrected chi connectivity index (χ4v) is 4.33. The van der Waals surface area contributed by atoms with Crippen molar-refractivity contribution in [1.29, 1.82) is 0 Å². The minimum atomic E-state index is -3.65. The minimum Gasteiger partial charge on any atom is -0.349 e. The Hall–Kier alpha value is -2.23. The average molecular weight is 480 g/mol. The van der Waals surface area contributed by atoms with Crippen molar-refractivity contribution in [2.24, 2.45) is 0 Å². The fourth-order valence-electron chi connectivity index (χ4n) is 2.57. The van der Waals surface area contributed by atoms with E-state index in [1.165, 1.54) is 17.0 Å². The van der Waals surface area contributed by atoms with Crippen LogP contribution in [0.4, 0.5) is 5.69 Å². The van der Waals surface area contributed by atoms with Gasteiger partial charge in [0.15, 0.2) is 0 Å². The van der Waals surface area contributed by atoms with Crippen LogP contribution >= 0.6 is 15.9 Å². The number of nitrogens with zero attached hydrogens (tertiary/aromatic N) is 1. The Balaban J connectivity index is 1.73. The van der Waals surface area contributed by atoms with Gasteiger partial charge in [-0.1, -0.05) is 12.1 Å². The number of carbonyl (C=O) groups excluding carboxylic acids is 2. The summed E-state index contributed by atoms with van der Waals surface area (Å²) in [6, 6.07) is 11.3. The molecule has 0 spiro atoms. The van der Waals surface area contributed by atoms with Crippen molar-refractivity contribution < 1.29 is 18.0 Å². The van der Waals surface area contributed by atoms with Crippen LogP contribution in [0.1, 0.15) is 28.8 Å². The quantitative estimate of drug-likeness (QED) is 0.637. The maximum absolute atomic E-state index is 12.7. The number of anilines is 1. The third-order valence-corrected chi connectivity index (χ3v) is 6.67. The Bertz CT molecular complexity index is 1030. The van der Waals surface area contributed by atoms with E-state index in [9.17, 15) is 18.0 Å². The van der Waals surface area contributed by atoms with Crippen LogP contribution in [0.2, 0.25) is 0 Å². The Kier molecular flexibility index (Phi) is 6.40. The Morgan fingerprint density at radius 3 is 2.34 bits per heavy atom. The van der Waals surface area contributed by atoms with Gasteiger partial charge in [-0.25, -0.2) is 13.1 Å². The van der Waals surface area contributed by atoms with Crippen LogP contribution in [0, 0.1) is 0 Å². The monoisotopic (exact) mass is 479 g/mol.